The molecule has 4 rings (SSSR count). The second-order valence-electron chi connectivity index (χ2n) is 8.19. The molecule has 31 heavy (non-hydrogen) atoms. The number of aromatic nitrogens is 2. The highest BCUT2D eigenvalue weighted by Gasteiger charge is 2.33. The lowest BCUT2D eigenvalue weighted by atomic mass is 10.1. The van der Waals surface area contributed by atoms with Gasteiger partial charge in [-0.3, -0.25) is 4.79 Å². The van der Waals surface area contributed by atoms with E-state index in [1.165, 1.54) is 0 Å². The predicted octanol–water partition coefficient (Wildman–Crippen LogP) is 5.66. The number of imidazole rings is 1. The number of unbranched alkanes of at least 4 members (excludes halogenated alkanes) is 2. The quantitative estimate of drug-likeness (QED) is 0.382. The van der Waals surface area contributed by atoms with E-state index < -0.39 is 0 Å². The Balaban J connectivity index is 1.42. The number of nitrogens with zero attached hydrogens (tertiary/aromatic N) is 3. The number of aryl methyl sites for hydroxylation is 1. The number of amides is 1. The van der Waals surface area contributed by atoms with Crippen molar-refractivity contribution >= 4 is 28.5 Å². The molecule has 164 valence electrons. The summed E-state index contributed by atoms with van der Waals surface area (Å²) in [6.45, 7) is 5.27. The summed E-state index contributed by atoms with van der Waals surface area (Å²) in [5.41, 5.74) is 2.15. The van der Waals surface area contributed by atoms with Crippen molar-refractivity contribution in [1.29, 1.82) is 0 Å². The van der Waals surface area contributed by atoms with Crippen molar-refractivity contribution in [2.45, 2.75) is 51.5 Å². The first-order valence-corrected chi connectivity index (χ1v) is 11.7. The standard InChI is InChI=1S/C25H30ClN3O2/c1-2-3-14-28-18-19(17-24(28)30)25-27-21-11-5-6-12-22(21)29(25)15-8-9-16-31-23-13-7-4-10-20(23)26/h4-7,10-13,19H,2-3,8-9,14-18H2,1H3/t19-/m0/s1. The summed E-state index contributed by atoms with van der Waals surface area (Å²) >= 11 is 6.16. The highest BCUT2D eigenvalue weighted by atomic mass is 35.5. The van der Waals surface area contributed by atoms with Crippen LogP contribution in [-0.4, -0.2) is 40.1 Å². The highest BCUT2D eigenvalue weighted by molar-refractivity contribution is 6.32. The van der Waals surface area contributed by atoms with Crippen LogP contribution < -0.4 is 4.74 Å². The second-order valence-corrected chi connectivity index (χ2v) is 8.60. The zero-order valence-corrected chi connectivity index (χ0v) is 18.9. The van der Waals surface area contributed by atoms with E-state index in [9.17, 15) is 4.79 Å². The van der Waals surface area contributed by atoms with Crippen LogP contribution in [0.5, 0.6) is 5.75 Å². The van der Waals surface area contributed by atoms with Gasteiger partial charge in [-0.1, -0.05) is 49.2 Å². The first kappa shape index (κ1) is 21.7. The SMILES string of the molecule is CCCCN1C[C@@H](c2nc3ccccc3n2CCCCOc2ccccc2Cl)CC1=O. The van der Waals surface area contributed by atoms with Crippen LogP contribution in [0.2, 0.25) is 5.02 Å². The molecule has 0 spiro atoms. The van der Waals surface area contributed by atoms with Crippen LogP contribution in [0.4, 0.5) is 0 Å². The summed E-state index contributed by atoms with van der Waals surface area (Å²) in [7, 11) is 0. The monoisotopic (exact) mass is 439 g/mol. The maximum absolute atomic E-state index is 12.5. The fourth-order valence-corrected chi connectivity index (χ4v) is 4.46. The lowest BCUT2D eigenvalue weighted by Gasteiger charge is -2.17. The van der Waals surface area contributed by atoms with E-state index in [1.54, 1.807) is 0 Å². The molecule has 0 unspecified atom stereocenters. The average molecular weight is 440 g/mol. The zero-order chi connectivity index (χ0) is 21.6. The molecule has 1 atom stereocenters. The minimum absolute atomic E-state index is 0.163. The highest BCUT2D eigenvalue weighted by Crippen LogP contribution is 2.31. The van der Waals surface area contributed by atoms with Gasteiger partial charge in [0, 0.05) is 32.0 Å². The molecule has 1 aliphatic heterocycles. The van der Waals surface area contributed by atoms with Gasteiger partial charge in [0.1, 0.15) is 11.6 Å². The molecule has 0 N–H and O–H groups in total. The van der Waals surface area contributed by atoms with Gasteiger partial charge < -0.3 is 14.2 Å². The Labute approximate surface area is 189 Å². The summed E-state index contributed by atoms with van der Waals surface area (Å²) in [5, 5.41) is 0.643. The molecular formula is C25H30ClN3O2. The number of carbonyl (C=O) groups excluding carboxylic acids is 1. The summed E-state index contributed by atoms with van der Waals surface area (Å²) < 4.78 is 8.14. The number of halogens is 1. The molecule has 0 radical (unpaired) electrons. The number of hydrogen-bond donors (Lipinski definition) is 0. The van der Waals surface area contributed by atoms with Crippen LogP contribution in [0.25, 0.3) is 11.0 Å². The van der Waals surface area contributed by atoms with Crippen molar-refractivity contribution in [2.24, 2.45) is 0 Å². The molecule has 0 saturated carbocycles. The number of benzene rings is 2. The molecule has 1 saturated heterocycles. The molecule has 1 fully saturated rings. The predicted molar refractivity (Wildman–Crippen MR) is 125 cm³/mol. The minimum atomic E-state index is 0.163. The molecule has 5 nitrogen and oxygen atoms in total. The van der Waals surface area contributed by atoms with Crippen molar-refractivity contribution < 1.29 is 9.53 Å². The van der Waals surface area contributed by atoms with Gasteiger partial charge in [-0.2, -0.15) is 0 Å². The van der Waals surface area contributed by atoms with Crippen molar-refractivity contribution in [3.05, 3.63) is 59.4 Å². The van der Waals surface area contributed by atoms with Crippen LogP contribution in [-0.2, 0) is 11.3 Å². The maximum atomic E-state index is 12.5. The van der Waals surface area contributed by atoms with Gasteiger partial charge in [-0.15, -0.1) is 0 Å². The molecule has 1 aromatic heterocycles. The van der Waals surface area contributed by atoms with Gasteiger partial charge in [0.05, 0.1) is 22.7 Å². The van der Waals surface area contributed by atoms with Gasteiger partial charge in [-0.05, 0) is 43.5 Å². The third-order valence-corrected chi connectivity index (χ3v) is 6.23. The first-order valence-electron chi connectivity index (χ1n) is 11.3. The summed E-state index contributed by atoms with van der Waals surface area (Å²) in [6.07, 6.45) is 4.60. The van der Waals surface area contributed by atoms with Crippen LogP contribution in [0.3, 0.4) is 0 Å². The first-order chi connectivity index (χ1) is 15.2. The van der Waals surface area contributed by atoms with Crippen LogP contribution in [0.15, 0.2) is 48.5 Å². The zero-order valence-electron chi connectivity index (χ0n) is 18.1. The molecule has 6 heteroatoms. The van der Waals surface area contributed by atoms with Gasteiger partial charge in [-0.25, -0.2) is 4.98 Å². The fourth-order valence-electron chi connectivity index (χ4n) is 4.27. The largest absolute Gasteiger partial charge is 0.492 e. The average Bonchev–Trinajstić information content (AvgIpc) is 3.33. The normalized spacial score (nSPS) is 16.4. The van der Waals surface area contributed by atoms with Gasteiger partial charge in [0.15, 0.2) is 0 Å². The van der Waals surface area contributed by atoms with E-state index in [1.807, 2.05) is 35.2 Å². The Morgan fingerprint density at radius 2 is 1.87 bits per heavy atom. The molecule has 3 aromatic rings. The third-order valence-electron chi connectivity index (χ3n) is 5.92. The lowest BCUT2D eigenvalue weighted by molar-refractivity contribution is -0.127. The van der Waals surface area contributed by atoms with Crippen molar-refractivity contribution in [3.8, 4) is 5.75 Å². The molecule has 0 bridgehead atoms. The summed E-state index contributed by atoms with van der Waals surface area (Å²) in [5.74, 6) is 2.19. The van der Waals surface area contributed by atoms with E-state index >= 15 is 0 Å². The lowest BCUT2D eigenvalue weighted by Crippen LogP contribution is -2.26. The maximum Gasteiger partial charge on any atom is 0.223 e. The molecular weight excluding hydrogens is 410 g/mol. The number of hydrogen-bond acceptors (Lipinski definition) is 3. The Morgan fingerprint density at radius 1 is 1.06 bits per heavy atom. The third kappa shape index (κ3) is 5.04. The van der Waals surface area contributed by atoms with Crippen LogP contribution in [0, 0.1) is 0 Å². The molecule has 1 amide bonds. The van der Waals surface area contributed by atoms with Crippen LogP contribution in [0.1, 0.15) is 50.8 Å². The Hall–Kier alpha value is -2.53. The summed E-state index contributed by atoms with van der Waals surface area (Å²) in [6, 6.07) is 15.8. The molecule has 2 heterocycles. The Bertz CT molecular complexity index is 1030. The van der Waals surface area contributed by atoms with E-state index in [4.69, 9.17) is 21.3 Å². The number of para-hydroxylation sites is 3. The van der Waals surface area contributed by atoms with E-state index in [2.05, 4.69) is 29.7 Å². The van der Waals surface area contributed by atoms with E-state index in [0.717, 1.165) is 67.9 Å². The Kier molecular flexibility index (Phi) is 7.13. The van der Waals surface area contributed by atoms with E-state index in [-0.39, 0.29) is 11.8 Å². The van der Waals surface area contributed by atoms with Gasteiger partial charge in [0.2, 0.25) is 5.91 Å². The molecule has 1 aliphatic rings. The number of likely N-dealkylation sites (tertiary alicyclic amines) is 1. The molecule has 2 aromatic carbocycles. The minimum Gasteiger partial charge on any atom is -0.492 e. The Morgan fingerprint density at radius 3 is 2.71 bits per heavy atom. The topological polar surface area (TPSA) is 47.4 Å². The van der Waals surface area contributed by atoms with Crippen molar-refractivity contribution in [3.63, 3.8) is 0 Å². The smallest absolute Gasteiger partial charge is 0.223 e. The number of carbonyl (C=O) groups is 1. The number of rotatable bonds is 10. The van der Waals surface area contributed by atoms with E-state index in [0.29, 0.717) is 18.1 Å². The number of ether oxygens (including phenoxy) is 1. The van der Waals surface area contributed by atoms with Gasteiger partial charge in [0.25, 0.3) is 0 Å². The fraction of sp³-hybridized carbons (Fsp3) is 0.440. The second kappa shape index (κ2) is 10.2. The van der Waals surface area contributed by atoms with Crippen molar-refractivity contribution in [2.75, 3.05) is 19.7 Å². The summed E-state index contributed by atoms with van der Waals surface area (Å²) in [4.78, 5) is 19.5. The molecule has 0 aliphatic carbocycles. The van der Waals surface area contributed by atoms with Gasteiger partial charge >= 0.3 is 0 Å². The van der Waals surface area contributed by atoms with Crippen LogP contribution >= 0.6 is 11.6 Å². The number of fused-ring (bicyclic) bond motifs is 1. The van der Waals surface area contributed by atoms with Crippen molar-refractivity contribution in [1.82, 2.24) is 14.5 Å².